The second kappa shape index (κ2) is 6.41. The van der Waals surface area contributed by atoms with E-state index in [-0.39, 0.29) is 5.91 Å². The fraction of sp³-hybridized carbons (Fsp3) is 0.647. The molecular formula is C17H25N3OS. The SMILES string of the molecule is CCCC1CCCN(C(=O)c2cc3c(C)nn(C)c3s2)CC1. The highest BCUT2D eigenvalue weighted by molar-refractivity contribution is 7.20. The van der Waals surface area contributed by atoms with Crippen molar-refractivity contribution >= 4 is 27.5 Å². The first-order valence-corrected chi connectivity index (χ1v) is 9.14. The van der Waals surface area contributed by atoms with E-state index in [1.807, 2.05) is 24.7 Å². The maximum Gasteiger partial charge on any atom is 0.264 e. The first-order valence-electron chi connectivity index (χ1n) is 8.32. The molecule has 0 saturated carbocycles. The van der Waals surface area contributed by atoms with Gasteiger partial charge in [-0.05, 0) is 38.2 Å². The maximum atomic E-state index is 12.8. The number of aromatic nitrogens is 2. The van der Waals surface area contributed by atoms with E-state index in [0.29, 0.717) is 0 Å². The van der Waals surface area contributed by atoms with Gasteiger partial charge in [0, 0.05) is 25.5 Å². The third kappa shape index (κ3) is 2.91. The van der Waals surface area contributed by atoms with Gasteiger partial charge in [-0.2, -0.15) is 5.10 Å². The molecule has 4 nitrogen and oxygen atoms in total. The van der Waals surface area contributed by atoms with Crippen LogP contribution in [-0.4, -0.2) is 33.7 Å². The Morgan fingerprint density at radius 3 is 2.95 bits per heavy atom. The molecule has 2 aromatic rings. The Kier molecular flexibility index (Phi) is 4.52. The Morgan fingerprint density at radius 1 is 1.41 bits per heavy atom. The number of aryl methyl sites for hydroxylation is 2. The van der Waals surface area contributed by atoms with E-state index < -0.39 is 0 Å². The summed E-state index contributed by atoms with van der Waals surface area (Å²) in [6.07, 6.45) is 6.12. The molecule has 1 fully saturated rings. The standard InChI is InChI=1S/C17H25N3OS/c1-4-6-13-7-5-9-20(10-8-13)16(21)15-11-14-12(2)18-19(3)17(14)22-15/h11,13H,4-10H2,1-3H3. The predicted molar refractivity (Wildman–Crippen MR) is 91.5 cm³/mol. The number of fused-ring (bicyclic) bond motifs is 1. The molecule has 0 aliphatic carbocycles. The third-order valence-corrected chi connectivity index (χ3v) is 5.93. The number of nitrogens with zero attached hydrogens (tertiary/aromatic N) is 3. The molecule has 1 aliphatic rings. The summed E-state index contributed by atoms with van der Waals surface area (Å²) in [7, 11) is 1.95. The van der Waals surface area contributed by atoms with Gasteiger partial charge in [0.05, 0.1) is 10.6 Å². The molecule has 1 unspecified atom stereocenters. The zero-order valence-corrected chi connectivity index (χ0v) is 14.6. The van der Waals surface area contributed by atoms with E-state index in [1.165, 1.54) is 19.3 Å². The van der Waals surface area contributed by atoms with Crippen LogP contribution in [0.15, 0.2) is 6.07 Å². The molecule has 5 heteroatoms. The zero-order chi connectivity index (χ0) is 15.7. The number of hydrogen-bond acceptors (Lipinski definition) is 3. The molecule has 1 amide bonds. The van der Waals surface area contributed by atoms with Crippen molar-refractivity contribution in [1.29, 1.82) is 0 Å². The summed E-state index contributed by atoms with van der Waals surface area (Å²) in [5.41, 5.74) is 1.01. The molecule has 2 aromatic heterocycles. The molecule has 1 atom stereocenters. The number of carbonyl (C=O) groups is 1. The molecule has 0 aromatic carbocycles. The smallest absolute Gasteiger partial charge is 0.264 e. The van der Waals surface area contributed by atoms with E-state index in [9.17, 15) is 4.79 Å². The van der Waals surface area contributed by atoms with Crippen molar-refractivity contribution in [3.05, 3.63) is 16.6 Å². The van der Waals surface area contributed by atoms with Gasteiger partial charge in [0.1, 0.15) is 4.83 Å². The number of likely N-dealkylation sites (tertiary alicyclic amines) is 1. The summed E-state index contributed by atoms with van der Waals surface area (Å²) < 4.78 is 1.88. The predicted octanol–water partition coefficient (Wildman–Crippen LogP) is 3.99. The second-order valence-corrected chi connectivity index (χ2v) is 7.45. The van der Waals surface area contributed by atoms with Crippen molar-refractivity contribution in [3.63, 3.8) is 0 Å². The third-order valence-electron chi connectivity index (χ3n) is 4.74. The first kappa shape index (κ1) is 15.5. The van der Waals surface area contributed by atoms with E-state index in [4.69, 9.17) is 0 Å². The highest BCUT2D eigenvalue weighted by Crippen LogP contribution is 2.30. The normalized spacial score (nSPS) is 19.6. The van der Waals surface area contributed by atoms with E-state index in [2.05, 4.69) is 16.9 Å². The number of carbonyl (C=O) groups excluding carboxylic acids is 1. The number of rotatable bonds is 3. The van der Waals surface area contributed by atoms with Crippen molar-refractivity contribution in [3.8, 4) is 0 Å². The highest BCUT2D eigenvalue weighted by Gasteiger charge is 2.23. The Labute approximate surface area is 136 Å². The molecule has 1 saturated heterocycles. The Balaban J connectivity index is 1.76. The summed E-state index contributed by atoms with van der Waals surface area (Å²) in [6, 6.07) is 2.03. The van der Waals surface area contributed by atoms with Crippen molar-refractivity contribution in [2.45, 2.75) is 46.0 Å². The number of thiophene rings is 1. The van der Waals surface area contributed by atoms with Crippen LogP contribution in [0.3, 0.4) is 0 Å². The van der Waals surface area contributed by atoms with E-state index >= 15 is 0 Å². The summed E-state index contributed by atoms with van der Waals surface area (Å²) in [6.45, 7) is 6.07. The van der Waals surface area contributed by atoms with Crippen LogP contribution in [0.25, 0.3) is 10.2 Å². The van der Waals surface area contributed by atoms with Gasteiger partial charge >= 0.3 is 0 Å². The van der Waals surface area contributed by atoms with Crippen LogP contribution >= 0.6 is 11.3 Å². The van der Waals surface area contributed by atoms with E-state index in [1.54, 1.807) is 11.3 Å². The fourth-order valence-corrected chi connectivity index (χ4v) is 4.62. The first-order chi connectivity index (χ1) is 10.6. The molecule has 0 N–H and O–H groups in total. The minimum absolute atomic E-state index is 0.206. The molecule has 0 radical (unpaired) electrons. The van der Waals surface area contributed by atoms with Crippen LogP contribution < -0.4 is 0 Å². The van der Waals surface area contributed by atoms with Crippen LogP contribution in [0, 0.1) is 12.8 Å². The summed E-state index contributed by atoms with van der Waals surface area (Å²) >= 11 is 1.57. The van der Waals surface area contributed by atoms with Crippen LogP contribution in [0.2, 0.25) is 0 Å². The monoisotopic (exact) mass is 319 g/mol. The van der Waals surface area contributed by atoms with Crippen molar-refractivity contribution in [2.24, 2.45) is 13.0 Å². The molecule has 120 valence electrons. The molecule has 22 heavy (non-hydrogen) atoms. The summed E-state index contributed by atoms with van der Waals surface area (Å²) in [5, 5.41) is 5.53. The molecular weight excluding hydrogens is 294 g/mol. The Morgan fingerprint density at radius 2 is 2.23 bits per heavy atom. The average Bonchev–Trinajstić information content (AvgIpc) is 2.94. The van der Waals surface area contributed by atoms with Crippen LogP contribution in [0.5, 0.6) is 0 Å². The van der Waals surface area contributed by atoms with Gasteiger partial charge in [-0.3, -0.25) is 9.48 Å². The Hall–Kier alpha value is -1.36. The maximum absolute atomic E-state index is 12.8. The average molecular weight is 319 g/mol. The minimum atomic E-state index is 0.206. The molecule has 0 spiro atoms. The van der Waals surface area contributed by atoms with Gasteiger partial charge in [-0.15, -0.1) is 11.3 Å². The second-order valence-electron chi connectivity index (χ2n) is 6.42. The molecule has 3 heterocycles. The summed E-state index contributed by atoms with van der Waals surface area (Å²) in [5.74, 6) is 1.01. The zero-order valence-electron chi connectivity index (χ0n) is 13.8. The van der Waals surface area contributed by atoms with Gasteiger partial charge in [0.2, 0.25) is 0 Å². The van der Waals surface area contributed by atoms with Crippen LogP contribution in [0.4, 0.5) is 0 Å². The minimum Gasteiger partial charge on any atom is -0.338 e. The van der Waals surface area contributed by atoms with Gasteiger partial charge in [0.25, 0.3) is 5.91 Å². The molecule has 0 bridgehead atoms. The van der Waals surface area contributed by atoms with Gasteiger partial charge < -0.3 is 4.90 Å². The number of hydrogen-bond donors (Lipinski definition) is 0. The molecule has 1 aliphatic heterocycles. The molecule has 3 rings (SSSR count). The fourth-order valence-electron chi connectivity index (χ4n) is 3.53. The topological polar surface area (TPSA) is 38.1 Å². The van der Waals surface area contributed by atoms with E-state index in [0.717, 1.165) is 52.6 Å². The lowest BCUT2D eigenvalue weighted by atomic mass is 9.96. The van der Waals surface area contributed by atoms with Crippen LogP contribution in [-0.2, 0) is 7.05 Å². The lowest BCUT2D eigenvalue weighted by Crippen LogP contribution is -2.31. The van der Waals surface area contributed by atoms with Crippen molar-refractivity contribution in [2.75, 3.05) is 13.1 Å². The van der Waals surface area contributed by atoms with Crippen molar-refractivity contribution in [1.82, 2.24) is 14.7 Å². The van der Waals surface area contributed by atoms with Gasteiger partial charge in [-0.25, -0.2) is 0 Å². The number of amides is 1. The van der Waals surface area contributed by atoms with Crippen molar-refractivity contribution < 1.29 is 4.79 Å². The largest absolute Gasteiger partial charge is 0.338 e. The Bertz CT molecular complexity index is 638. The van der Waals surface area contributed by atoms with Gasteiger partial charge in [0.15, 0.2) is 0 Å². The summed E-state index contributed by atoms with van der Waals surface area (Å²) in [4.78, 5) is 16.8. The lowest BCUT2D eigenvalue weighted by Gasteiger charge is -2.19. The van der Waals surface area contributed by atoms with Crippen LogP contribution in [0.1, 0.15) is 54.4 Å². The highest BCUT2D eigenvalue weighted by atomic mass is 32.1. The lowest BCUT2D eigenvalue weighted by molar-refractivity contribution is 0.0765. The quantitative estimate of drug-likeness (QED) is 0.858. The van der Waals surface area contributed by atoms with Gasteiger partial charge in [-0.1, -0.05) is 19.8 Å².